The maximum absolute atomic E-state index is 6.26. The van der Waals surface area contributed by atoms with Crippen LogP contribution in [-0.2, 0) is 0 Å². The Morgan fingerprint density at radius 2 is 1.61 bits per heavy atom. The molecule has 1 heteroatoms. The first-order chi connectivity index (χ1) is 11.0. The maximum atomic E-state index is 6.26. The Hall–Kier alpha value is -1.76. The molecule has 0 amide bonds. The molecule has 1 nitrogen and oxygen atoms in total. The lowest BCUT2D eigenvalue weighted by Gasteiger charge is -2.37. The van der Waals surface area contributed by atoms with E-state index in [9.17, 15) is 0 Å². The summed E-state index contributed by atoms with van der Waals surface area (Å²) in [6.07, 6.45) is 7.18. The van der Waals surface area contributed by atoms with Crippen molar-refractivity contribution >= 4 is 16.8 Å². The van der Waals surface area contributed by atoms with Gasteiger partial charge in [-0.05, 0) is 71.6 Å². The molecule has 1 aliphatic carbocycles. The molecule has 0 aliphatic heterocycles. The van der Waals surface area contributed by atoms with Crippen LogP contribution in [-0.4, -0.2) is 6.10 Å². The third-order valence-corrected chi connectivity index (χ3v) is 5.27. The van der Waals surface area contributed by atoms with Gasteiger partial charge < -0.3 is 4.74 Å². The molecule has 0 atom stereocenters. The Bertz CT molecular complexity index is 685. The molecule has 0 bridgehead atoms. The first kappa shape index (κ1) is 16.1. The van der Waals surface area contributed by atoms with E-state index in [0.29, 0.717) is 11.5 Å². The summed E-state index contributed by atoms with van der Waals surface area (Å²) < 4.78 is 6.26. The highest BCUT2D eigenvalue weighted by Gasteiger charge is 2.30. The van der Waals surface area contributed by atoms with Crippen molar-refractivity contribution < 1.29 is 4.74 Å². The van der Waals surface area contributed by atoms with Gasteiger partial charge in [0.15, 0.2) is 0 Å². The van der Waals surface area contributed by atoms with Crippen LogP contribution in [0.5, 0.6) is 5.75 Å². The van der Waals surface area contributed by atoms with Gasteiger partial charge in [0, 0.05) is 0 Å². The molecule has 2 aromatic rings. The molecule has 0 N–H and O–H groups in total. The minimum absolute atomic E-state index is 0.374. The van der Waals surface area contributed by atoms with E-state index in [2.05, 4.69) is 63.7 Å². The van der Waals surface area contributed by atoms with E-state index in [4.69, 9.17) is 4.74 Å². The van der Waals surface area contributed by atoms with Gasteiger partial charge >= 0.3 is 0 Å². The number of rotatable bonds is 3. The average Bonchev–Trinajstić information content (AvgIpc) is 2.54. The molecular weight excluding hydrogens is 280 g/mol. The number of benzene rings is 2. The minimum atomic E-state index is 0.374. The van der Waals surface area contributed by atoms with Crippen molar-refractivity contribution in [2.75, 3.05) is 0 Å². The summed E-state index contributed by atoms with van der Waals surface area (Å²) in [4.78, 5) is 0. The Labute approximate surface area is 140 Å². The van der Waals surface area contributed by atoms with Gasteiger partial charge in [-0.25, -0.2) is 0 Å². The molecule has 23 heavy (non-hydrogen) atoms. The number of hydrogen-bond acceptors (Lipinski definition) is 1. The topological polar surface area (TPSA) is 9.23 Å². The van der Waals surface area contributed by atoms with Gasteiger partial charge in [0.05, 0.1) is 6.10 Å². The summed E-state index contributed by atoms with van der Waals surface area (Å²) in [6.45, 7) is 10.9. The molecule has 0 aromatic heterocycles. The van der Waals surface area contributed by atoms with Crippen molar-refractivity contribution in [2.45, 2.75) is 52.6 Å². The predicted molar refractivity (Wildman–Crippen MR) is 99.9 cm³/mol. The number of fused-ring (bicyclic) bond motifs is 1. The third-order valence-electron chi connectivity index (χ3n) is 5.27. The van der Waals surface area contributed by atoms with Gasteiger partial charge in [-0.15, -0.1) is 0 Å². The number of hydrogen-bond donors (Lipinski definition) is 0. The van der Waals surface area contributed by atoms with Gasteiger partial charge in [-0.2, -0.15) is 0 Å². The van der Waals surface area contributed by atoms with Crippen molar-refractivity contribution in [1.29, 1.82) is 0 Å². The smallest absolute Gasteiger partial charge is 0.120 e. The zero-order valence-corrected chi connectivity index (χ0v) is 14.6. The van der Waals surface area contributed by atoms with E-state index in [1.807, 2.05) is 6.08 Å². The van der Waals surface area contributed by atoms with E-state index in [-0.39, 0.29) is 0 Å². The van der Waals surface area contributed by atoms with Gasteiger partial charge in [0.2, 0.25) is 0 Å². The van der Waals surface area contributed by atoms with Gasteiger partial charge in [-0.3, -0.25) is 0 Å². The zero-order chi connectivity index (χ0) is 16.4. The SMILES string of the molecule is C=Cc1ccc2cc(OC3CCC(C(C)(C)C)CC3)ccc2c1. The lowest BCUT2D eigenvalue weighted by Crippen LogP contribution is -2.30. The Kier molecular flexibility index (Phi) is 4.48. The summed E-state index contributed by atoms with van der Waals surface area (Å²) in [6, 6.07) is 12.8. The van der Waals surface area contributed by atoms with Crippen LogP contribution in [0.2, 0.25) is 0 Å². The van der Waals surface area contributed by atoms with Gasteiger partial charge in [0.1, 0.15) is 5.75 Å². The molecule has 0 radical (unpaired) electrons. The molecule has 1 saturated carbocycles. The minimum Gasteiger partial charge on any atom is -0.490 e. The number of ether oxygens (including phenoxy) is 1. The second-order valence-electron chi connectivity index (χ2n) is 7.93. The summed E-state index contributed by atoms with van der Waals surface area (Å²) in [5.74, 6) is 1.83. The van der Waals surface area contributed by atoms with Crippen molar-refractivity contribution in [3.8, 4) is 5.75 Å². The molecule has 0 heterocycles. The normalized spacial score (nSPS) is 22.0. The Morgan fingerprint density at radius 1 is 0.957 bits per heavy atom. The van der Waals surface area contributed by atoms with Crippen LogP contribution in [0.15, 0.2) is 43.0 Å². The highest BCUT2D eigenvalue weighted by molar-refractivity contribution is 5.85. The summed E-state index contributed by atoms with van der Waals surface area (Å²) in [5.41, 5.74) is 1.59. The monoisotopic (exact) mass is 308 g/mol. The predicted octanol–water partition coefficient (Wildman–Crippen LogP) is 6.47. The fourth-order valence-electron chi connectivity index (χ4n) is 3.68. The molecule has 2 aromatic carbocycles. The van der Waals surface area contributed by atoms with Crippen LogP contribution in [0, 0.1) is 11.3 Å². The van der Waals surface area contributed by atoms with E-state index in [1.54, 1.807) is 0 Å². The van der Waals surface area contributed by atoms with Crippen LogP contribution in [0.3, 0.4) is 0 Å². The van der Waals surface area contributed by atoms with E-state index in [0.717, 1.165) is 17.2 Å². The van der Waals surface area contributed by atoms with Crippen LogP contribution in [0.4, 0.5) is 0 Å². The Morgan fingerprint density at radius 3 is 2.26 bits per heavy atom. The van der Waals surface area contributed by atoms with E-state index < -0.39 is 0 Å². The molecule has 0 spiro atoms. The average molecular weight is 308 g/mol. The highest BCUT2D eigenvalue weighted by atomic mass is 16.5. The maximum Gasteiger partial charge on any atom is 0.120 e. The highest BCUT2D eigenvalue weighted by Crippen LogP contribution is 2.38. The molecule has 122 valence electrons. The van der Waals surface area contributed by atoms with Crippen molar-refractivity contribution in [3.63, 3.8) is 0 Å². The van der Waals surface area contributed by atoms with E-state index >= 15 is 0 Å². The fraction of sp³-hybridized carbons (Fsp3) is 0.455. The third kappa shape index (κ3) is 3.77. The first-order valence-electron chi connectivity index (χ1n) is 8.78. The molecule has 0 saturated heterocycles. The van der Waals surface area contributed by atoms with Crippen LogP contribution < -0.4 is 4.74 Å². The Balaban J connectivity index is 1.67. The molecule has 1 aliphatic rings. The fourth-order valence-corrected chi connectivity index (χ4v) is 3.68. The lowest BCUT2D eigenvalue weighted by molar-refractivity contribution is 0.0883. The van der Waals surface area contributed by atoms with Crippen LogP contribution in [0.1, 0.15) is 52.0 Å². The van der Waals surface area contributed by atoms with Crippen molar-refractivity contribution in [1.82, 2.24) is 0 Å². The molecule has 3 rings (SSSR count). The molecular formula is C22H28O. The lowest BCUT2D eigenvalue weighted by atomic mass is 9.72. The summed E-state index contributed by atoms with van der Waals surface area (Å²) in [5, 5.41) is 2.47. The van der Waals surface area contributed by atoms with Crippen molar-refractivity contribution in [3.05, 3.63) is 48.5 Å². The zero-order valence-electron chi connectivity index (χ0n) is 14.6. The quantitative estimate of drug-likeness (QED) is 0.631. The summed E-state index contributed by atoms with van der Waals surface area (Å²) >= 11 is 0. The van der Waals surface area contributed by atoms with Crippen molar-refractivity contribution in [2.24, 2.45) is 11.3 Å². The van der Waals surface area contributed by atoms with Gasteiger partial charge in [-0.1, -0.05) is 51.6 Å². The standard InChI is InChI=1S/C22H28O/c1-5-16-6-7-18-15-21(11-8-17(18)14-16)23-20-12-9-19(10-13-20)22(2,3)4/h5-8,11,14-15,19-20H,1,9-10,12-13H2,2-4H3. The summed E-state index contributed by atoms with van der Waals surface area (Å²) in [7, 11) is 0. The largest absolute Gasteiger partial charge is 0.490 e. The second-order valence-corrected chi connectivity index (χ2v) is 7.93. The van der Waals surface area contributed by atoms with E-state index in [1.165, 1.54) is 36.5 Å². The molecule has 0 unspecified atom stereocenters. The van der Waals surface area contributed by atoms with Crippen LogP contribution in [0.25, 0.3) is 16.8 Å². The second kappa shape index (κ2) is 6.39. The molecule has 1 fully saturated rings. The van der Waals surface area contributed by atoms with Crippen LogP contribution >= 0.6 is 0 Å². The first-order valence-corrected chi connectivity index (χ1v) is 8.78. The van der Waals surface area contributed by atoms with Gasteiger partial charge in [0.25, 0.3) is 0 Å².